The van der Waals surface area contributed by atoms with E-state index in [0.29, 0.717) is 18.5 Å². The zero-order chi connectivity index (χ0) is 41.6. The Hall–Kier alpha value is -6.43. The van der Waals surface area contributed by atoms with E-state index >= 15 is 39.5 Å². The third-order valence-electron chi connectivity index (χ3n) is 8.92. The molecule has 4 bridgehead atoms. The van der Waals surface area contributed by atoms with Crippen molar-refractivity contribution in [3.8, 4) is 5.75 Å². The second-order valence-electron chi connectivity index (χ2n) is 12.0. The van der Waals surface area contributed by atoms with Crippen molar-refractivity contribution in [2.24, 2.45) is 26.9 Å². The fourth-order valence-electron chi connectivity index (χ4n) is 6.35. The van der Waals surface area contributed by atoms with Crippen LogP contribution in [0.3, 0.4) is 0 Å². The van der Waals surface area contributed by atoms with Crippen molar-refractivity contribution in [2.75, 3.05) is 0 Å². The predicted octanol–water partition coefficient (Wildman–Crippen LogP) is 7.90. The van der Waals surface area contributed by atoms with Crippen LogP contribution in [0.2, 0.25) is 0 Å². The number of rotatable bonds is 2. The Kier molecular flexibility index (Phi) is 8.08. The van der Waals surface area contributed by atoms with Gasteiger partial charge in [-0.25, -0.2) is 80.8 Å². The molecule has 0 N–H and O–H groups in total. The van der Waals surface area contributed by atoms with Gasteiger partial charge in [0.1, 0.15) is 22.6 Å². The van der Waals surface area contributed by atoms with E-state index in [2.05, 4.69) is 19.9 Å². The van der Waals surface area contributed by atoms with E-state index in [1.165, 1.54) is 0 Å². The van der Waals surface area contributed by atoms with Crippen LogP contribution in [-0.4, -0.2) is 27.8 Å². The fourth-order valence-corrected chi connectivity index (χ4v) is 6.35. The number of benzene rings is 4. The van der Waals surface area contributed by atoms with Gasteiger partial charge in [0.2, 0.25) is 29.1 Å². The molecule has 57 heavy (non-hydrogen) atoms. The van der Waals surface area contributed by atoms with Crippen molar-refractivity contribution in [3.05, 3.63) is 121 Å². The maximum atomic E-state index is 16.0. The molecule has 4 aromatic carbocycles. The summed E-state index contributed by atoms with van der Waals surface area (Å²) in [5.41, 5.74) is -7.07. The van der Waals surface area contributed by atoms with Crippen LogP contribution in [0.1, 0.15) is 18.1 Å². The third kappa shape index (κ3) is 4.76. The summed E-state index contributed by atoms with van der Waals surface area (Å²) in [7, 11) is -2.52. The number of aromatic nitrogens is 2. The van der Waals surface area contributed by atoms with Crippen LogP contribution >= 0.6 is 0 Å². The Morgan fingerprint density at radius 2 is 0.789 bits per heavy atom. The van der Waals surface area contributed by atoms with E-state index in [0.717, 1.165) is 0 Å². The van der Waals surface area contributed by atoms with E-state index in [1.807, 2.05) is 0 Å². The van der Waals surface area contributed by atoms with Crippen molar-refractivity contribution in [3.63, 3.8) is 0 Å². The molecule has 292 valence electrons. The summed E-state index contributed by atoms with van der Waals surface area (Å²) in [5.74, 6) is -51.3. The van der Waals surface area contributed by atoms with Crippen LogP contribution in [0.25, 0.3) is 21.5 Å². The van der Waals surface area contributed by atoms with Gasteiger partial charge in [-0.2, -0.15) is 8.78 Å². The maximum absolute atomic E-state index is 16.0. The molecule has 0 fully saturated rings. The number of fused-ring (bicyclic) bond motifs is 11. The van der Waals surface area contributed by atoms with E-state index in [-0.39, 0.29) is 4.48 Å². The summed E-state index contributed by atoms with van der Waals surface area (Å²) in [6.07, 6.45) is 0. The number of aliphatic imine (C=N–C) groups is 1. The first-order valence-electron chi connectivity index (χ1n) is 15.1. The molecule has 0 atom stereocenters. The van der Waals surface area contributed by atoms with Gasteiger partial charge in [0, 0.05) is 12.6 Å². The first-order valence-corrected chi connectivity index (χ1v) is 15.1. The molecule has 0 radical (unpaired) electrons. The molecular weight excluding hydrogens is 818 g/mol. The zero-order valence-corrected chi connectivity index (χ0v) is 27.1. The van der Waals surface area contributed by atoms with Crippen LogP contribution < -0.4 is 15.6 Å². The van der Waals surface area contributed by atoms with Gasteiger partial charge >= 0.3 is 7.19 Å². The van der Waals surface area contributed by atoms with Crippen molar-refractivity contribution in [1.82, 2.24) is 9.05 Å². The van der Waals surface area contributed by atoms with Crippen molar-refractivity contribution in [2.45, 2.75) is 6.92 Å². The highest BCUT2D eigenvalue weighted by Gasteiger charge is 2.42. The number of halogens is 17. The van der Waals surface area contributed by atoms with Gasteiger partial charge in [0.05, 0.1) is 32.8 Å². The zero-order valence-electron chi connectivity index (χ0n) is 27.1. The summed E-state index contributed by atoms with van der Waals surface area (Å²) in [5, 5.41) is -6.28. The predicted molar refractivity (Wildman–Crippen MR) is 159 cm³/mol. The Bertz CT molecular complexity index is 3090. The second kappa shape index (κ2) is 12.3. The van der Waals surface area contributed by atoms with Gasteiger partial charge in [-0.15, -0.1) is 0 Å². The molecule has 0 aliphatic carbocycles. The molecule has 6 aromatic rings. The molecule has 2 aliphatic heterocycles. The number of nitrogens with zero attached hydrogens (tertiary/aromatic N) is 6. The van der Waals surface area contributed by atoms with Crippen LogP contribution in [0, 0.1) is 98.9 Å². The van der Waals surface area contributed by atoms with Gasteiger partial charge in [-0.3, -0.25) is 9.38 Å². The average molecular weight is 824 g/mol. The van der Waals surface area contributed by atoms with Crippen LogP contribution in [0.15, 0.2) is 19.9 Å². The topological polar surface area (TPSA) is 68.5 Å². The molecule has 8 rings (SSSR count). The molecule has 0 spiro atoms. The molecule has 7 nitrogen and oxygen atoms in total. The molecule has 0 saturated heterocycles. The van der Waals surface area contributed by atoms with Gasteiger partial charge < -0.3 is 9.22 Å². The summed E-state index contributed by atoms with van der Waals surface area (Å²) in [6.45, 7) is 0.609. The number of hydrogen-bond acceptors (Lipinski definition) is 5. The molecule has 0 unspecified atom stereocenters. The average Bonchev–Trinajstić information content (AvgIpc) is 3.64. The maximum Gasteiger partial charge on any atom is 0.646 e. The van der Waals surface area contributed by atoms with Crippen molar-refractivity contribution < 1.29 is 79.3 Å². The molecular formula is C32H6BF17N6O. The minimum atomic E-state index is -3.24. The Labute approximate surface area is 301 Å². The normalized spacial score (nSPS) is 13.6. The Morgan fingerprint density at radius 3 is 1.28 bits per heavy atom. The molecule has 2 aromatic heterocycles. The summed E-state index contributed by atoms with van der Waals surface area (Å²) in [4.78, 5) is 14.8. The molecule has 25 heteroatoms. The highest BCUT2D eigenvalue weighted by Crippen LogP contribution is 2.45. The number of amidine groups is 1. The molecule has 2 aliphatic rings. The highest BCUT2D eigenvalue weighted by molar-refractivity contribution is 6.54. The van der Waals surface area contributed by atoms with Gasteiger partial charge in [0.15, 0.2) is 81.4 Å². The lowest BCUT2D eigenvalue weighted by molar-refractivity contribution is 0.347. The molecule has 0 saturated carbocycles. The van der Waals surface area contributed by atoms with Gasteiger partial charge in [0.25, 0.3) is 0 Å². The highest BCUT2D eigenvalue weighted by atomic mass is 19.2. The summed E-state index contributed by atoms with van der Waals surface area (Å²) < 4.78 is 263. The standard InChI is InChI=1S/C32H6BF17N6O/c1-3-4-5(11(35)17(41)16(40)10(4)34)28-52-29-6-7(13(37)19(43)18(42)12(6)36)30(55(29)2)53-32-9-8(14(38)20(44)21(45)15(9)39)31(51-3)56(32)33(54-28)57-27-25(49)23(47)22(46)24(48)26(27)50/h1-2H3. The monoisotopic (exact) mass is 824 g/mol. The van der Waals surface area contributed by atoms with Crippen molar-refractivity contribution in [1.29, 1.82) is 0 Å². The molecule has 0 amide bonds. The van der Waals surface area contributed by atoms with Gasteiger partial charge in [-0.1, -0.05) is 0 Å². The molecule has 4 heterocycles. The first-order chi connectivity index (χ1) is 26.7. The lowest BCUT2D eigenvalue weighted by Crippen LogP contribution is -2.34. The van der Waals surface area contributed by atoms with E-state index in [9.17, 15) is 35.1 Å². The van der Waals surface area contributed by atoms with Crippen LogP contribution in [0.5, 0.6) is 5.75 Å². The minimum absolute atomic E-state index is 0.112. The van der Waals surface area contributed by atoms with E-state index in [1.54, 1.807) is 0 Å². The largest absolute Gasteiger partial charge is 0.646 e. The summed E-state index contributed by atoms with van der Waals surface area (Å²) in [6, 6.07) is 0. The fraction of sp³-hybridized carbons (Fsp3) is 0.0625. The van der Waals surface area contributed by atoms with Gasteiger partial charge in [-0.05, 0) is 6.92 Å². The number of hydrogen-bond donors (Lipinski definition) is 0. The van der Waals surface area contributed by atoms with Crippen LogP contribution in [-0.2, 0) is 7.05 Å². The van der Waals surface area contributed by atoms with Crippen molar-refractivity contribution >= 4 is 51.9 Å². The second-order valence-corrected chi connectivity index (χ2v) is 12.0. The van der Waals surface area contributed by atoms with Crippen LogP contribution in [0.4, 0.5) is 86.3 Å². The van der Waals surface area contributed by atoms with E-state index in [4.69, 9.17) is 4.65 Å². The lowest BCUT2D eigenvalue weighted by Gasteiger charge is -2.18. The third-order valence-corrected chi connectivity index (χ3v) is 8.92. The minimum Gasteiger partial charge on any atom is -0.517 e. The Morgan fingerprint density at radius 1 is 0.421 bits per heavy atom. The SMILES string of the molecule is CC1=Nc2c3c(F)c(F)c(F)c(F)c3c3n2B(Oc2c(F)c(F)c(F)c(F)c2F)N=C(N=c2c4c(F)c(F)c(F)c(F)c4c(n2C)=N3)c2c(F)c(F)c(F)c(F)c21. The Balaban J connectivity index is 1.75. The lowest BCUT2D eigenvalue weighted by atomic mass is 9.97. The first kappa shape index (κ1) is 37.5. The summed E-state index contributed by atoms with van der Waals surface area (Å²) >= 11 is 0. The smallest absolute Gasteiger partial charge is 0.517 e. The quantitative estimate of drug-likeness (QED) is 0.0759. The van der Waals surface area contributed by atoms with E-state index < -0.39 is 179 Å².